The van der Waals surface area contributed by atoms with E-state index < -0.39 is 17.3 Å². The van der Waals surface area contributed by atoms with Crippen LogP contribution in [0, 0.1) is 11.8 Å². The van der Waals surface area contributed by atoms with Crippen LogP contribution in [0.15, 0.2) is 48.5 Å². The second-order valence-corrected chi connectivity index (χ2v) is 14.7. The van der Waals surface area contributed by atoms with Gasteiger partial charge in [0.15, 0.2) is 0 Å². The number of aliphatic hydroxyl groups is 1. The van der Waals surface area contributed by atoms with E-state index in [1.165, 1.54) is 4.90 Å². The summed E-state index contributed by atoms with van der Waals surface area (Å²) in [4.78, 5) is 65.2. The molecular weight excluding hydrogens is 618 g/mol. The molecule has 3 aliphatic carbocycles. The number of likely N-dealkylation sites (tertiary alicyclic amines) is 1. The van der Waals surface area contributed by atoms with E-state index in [0.29, 0.717) is 37.4 Å². The van der Waals surface area contributed by atoms with Gasteiger partial charge >= 0.3 is 6.03 Å². The molecule has 12 heteroatoms. The van der Waals surface area contributed by atoms with Gasteiger partial charge in [0.1, 0.15) is 0 Å². The number of carbonyl (C=O) groups is 5. The SMILES string of the molecule is O=C(CCCCCN1C(=O)[C@@H]2C3c4ccccc4C(CO)(c4ccccc43)[C@@H]2C1=O)NNC(=O)CCCC[C@@H]1SC[C@@H]2NC(=O)N[C@@H]21. The van der Waals surface area contributed by atoms with Crippen LogP contribution in [0.3, 0.4) is 0 Å². The van der Waals surface area contributed by atoms with Crippen molar-refractivity contribution in [3.63, 3.8) is 0 Å². The van der Waals surface area contributed by atoms with E-state index in [4.69, 9.17) is 0 Å². The molecule has 2 bridgehead atoms. The minimum Gasteiger partial charge on any atom is -0.395 e. The van der Waals surface area contributed by atoms with Crippen LogP contribution in [-0.2, 0) is 24.6 Å². The molecule has 0 radical (unpaired) electrons. The molecule has 0 saturated carbocycles. The predicted molar refractivity (Wildman–Crippen MR) is 175 cm³/mol. The molecule has 3 fully saturated rings. The summed E-state index contributed by atoms with van der Waals surface area (Å²) in [5.74, 6) is -1.44. The van der Waals surface area contributed by atoms with E-state index in [-0.39, 0.29) is 67.2 Å². The number of fused-ring (bicyclic) bond motifs is 1. The van der Waals surface area contributed by atoms with E-state index in [9.17, 15) is 29.1 Å². The zero-order valence-corrected chi connectivity index (χ0v) is 27.0. The average molecular weight is 660 g/mol. The predicted octanol–water partition coefficient (Wildman–Crippen LogP) is 2.46. The molecule has 5 N–H and O–H groups in total. The van der Waals surface area contributed by atoms with Gasteiger partial charge in [-0.25, -0.2) is 4.79 Å². The molecule has 11 nitrogen and oxygen atoms in total. The van der Waals surface area contributed by atoms with Crippen molar-refractivity contribution in [1.29, 1.82) is 0 Å². The van der Waals surface area contributed by atoms with E-state index >= 15 is 0 Å². The van der Waals surface area contributed by atoms with E-state index in [1.54, 1.807) is 0 Å². The average Bonchev–Trinajstić information content (AvgIpc) is 3.72. The van der Waals surface area contributed by atoms with Crippen molar-refractivity contribution in [2.24, 2.45) is 11.8 Å². The number of rotatable bonds is 12. The van der Waals surface area contributed by atoms with Gasteiger partial charge in [-0.15, -0.1) is 0 Å². The zero-order valence-electron chi connectivity index (χ0n) is 26.2. The van der Waals surface area contributed by atoms with Crippen molar-refractivity contribution in [3.8, 4) is 0 Å². The molecule has 3 saturated heterocycles. The molecule has 8 rings (SSSR count). The molecule has 3 aliphatic heterocycles. The Labute approximate surface area is 278 Å². The first-order chi connectivity index (χ1) is 22.8. The number of imide groups is 1. The van der Waals surface area contributed by atoms with Gasteiger partial charge in [-0.2, -0.15) is 11.8 Å². The second kappa shape index (κ2) is 13.0. The van der Waals surface area contributed by atoms with Crippen LogP contribution < -0.4 is 21.5 Å². The standard InChI is InChI=1S/C35H41N5O6S/c41-19-35-22-12-5-3-10-20(22)28(21-11-4-6-13-23(21)35)29-30(35)33(45)40(32(29)44)17-9-1-2-15-26(42)38-39-27(43)16-8-7-14-25-31-24(18-47-25)36-34(46)37-31/h3-6,10-13,24-25,28-31,41H,1-2,7-9,14-19H2,(H,38,42)(H,39,43)(H2,36,37,46)/t24-,25-,28?,29+,30-,31-,35?/m0/s1. The molecule has 0 unspecified atom stereocenters. The third-order valence-electron chi connectivity index (χ3n) is 10.8. The summed E-state index contributed by atoms with van der Waals surface area (Å²) in [6.45, 7) is 0.0141. The third kappa shape index (κ3) is 5.39. The summed E-state index contributed by atoms with van der Waals surface area (Å²) < 4.78 is 0. The second-order valence-electron chi connectivity index (χ2n) is 13.4. The van der Waals surface area contributed by atoms with Gasteiger partial charge in [-0.1, -0.05) is 61.4 Å². The lowest BCUT2D eigenvalue weighted by molar-refractivity contribution is -0.140. The van der Waals surface area contributed by atoms with Gasteiger partial charge in [0.2, 0.25) is 23.6 Å². The van der Waals surface area contributed by atoms with E-state index in [0.717, 1.165) is 40.8 Å². The Morgan fingerprint density at radius 1 is 0.851 bits per heavy atom. The van der Waals surface area contributed by atoms with Gasteiger partial charge in [-0.05, 0) is 47.9 Å². The van der Waals surface area contributed by atoms with Crippen molar-refractivity contribution in [1.82, 2.24) is 26.4 Å². The molecule has 0 spiro atoms. The van der Waals surface area contributed by atoms with Crippen LogP contribution in [0.2, 0.25) is 0 Å². The van der Waals surface area contributed by atoms with Gasteiger partial charge < -0.3 is 15.7 Å². The Hall–Kier alpha value is -3.90. The number of aliphatic hydroxyl groups excluding tert-OH is 1. The smallest absolute Gasteiger partial charge is 0.315 e. The first-order valence-corrected chi connectivity index (χ1v) is 17.8. The van der Waals surface area contributed by atoms with Crippen molar-refractivity contribution in [2.45, 2.75) is 80.0 Å². The molecule has 47 heavy (non-hydrogen) atoms. The highest BCUT2D eigenvalue weighted by Gasteiger charge is 2.67. The highest BCUT2D eigenvalue weighted by molar-refractivity contribution is 8.00. The number of thioether (sulfide) groups is 1. The number of nitrogens with zero attached hydrogens (tertiary/aromatic N) is 1. The largest absolute Gasteiger partial charge is 0.395 e. The van der Waals surface area contributed by atoms with Crippen molar-refractivity contribution in [3.05, 3.63) is 70.8 Å². The Balaban J connectivity index is 0.846. The molecule has 0 aromatic heterocycles. The summed E-state index contributed by atoms with van der Waals surface area (Å²) in [5.41, 5.74) is 7.92. The summed E-state index contributed by atoms with van der Waals surface area (Å²) >= 11 is 1.85. The monoisotopic (exact) mass is 659 g/mol. The number of carbonyl (C=O) groups excluding carboxylic acids is 5. The number of amides is 6. The lowest BCUT2D eigenvalue weighted by Gasteiger charge is -2.53. The summed E-state index contributed by atoms with van der Waals surface area (Å²) in [6, 6.07) is 16.0. The fourth-order valence-electron chi connectivity index (χ4n) is 8.75. The van der Waals surface area contributed by atoms with Gasteiger partial charge in [0.25, 0.3) is 0 Å². The molecule has 248 valence electrons. The number of urea groups is 1. The maximum Gasteiger partial charge on any atom is 0.315 e. The number of hydrogen-bond acceptors (Lipinski definition) is 7. The minimum atomic E-state index is -0.957. The highest BCUT2D eigenvalue weighted by Crippen LogP contribution is 2.63. The number of unbranched alkanes of at least 4 members (excludes halogenated alkanes) is 3. The molecular formula is C35H41N5O6S. The summed E-state index contributed by atoms with van der Waals surface area (Å²) in [5, 5.41) is 17.2. The fourth-order valence-corrected chi connectivity index (χ4v) is 10.3. The van der Waals surface area contributed by atoms with Crippen LogP contribution in [0.1, 0.15) is 79.5 Å². The number of benzene rings is 2. The van der Waals surface area contributed by atoms with Crippen molar-refractivity contribution in [2.75, 3.05) is 18.9 Å². The topological polar surface area (TPSA) is 157 Å². The first-order valence-electron chi connectivity index (χ1n) is 16.8. The Kier molecular flexibility index (Phi) is 8.73. The lowest BCUT2D eigenvalue weighted by atomic mass is 9.47. The quantitative estimate of drug-likeness (QED) is 0.101. The minimum absolute atomic E-state index is 0.101. The molecule has 6 aliphatic rings. The van der Waals surface area contributed by atoms with Crippen LogP contribution in [0.4, 0.5) is 4.79 Å². The first kappa shape index (κ1) is 31.7. The van der Waals surface area contributed by atoms with Crippen LogP contribution in [0.25, 0.3) is 0 Å². The maximum absolute atomic E-state index is 13.9. The van der Waals surface area contributed by atoms with Gasteiger partial charge in [0.05, 0.1) is 35.9 Å². The number of hydrogen-bond donors (Lipinski definition) is 5. The number of nitrogens with one attached hydrogen (secondary N) is 4. The number of hydrazine groups is 1. The Bertz CT molecular complexity index is 1550. The molecule has 2 aromatic rings. The lowest BCUT2D eigenvalue weighted by Crippen LogP contribution is -2.55. The van der Waals surface area contributed by atoms with Crippen molar-refractivity contribution >= 4 is 41.4 Å². The third-order valence-corrected chi connectivity index (χ3v) is 12.4. The molecule has 3 heterocycles. The Morgan fingerprint density at radius 3 is 2.15 bits per heavy atom. The maximum atomic E-state index is 13.9. The molecule has 5 atom stereocenters. The van der Waals surface area contributed by atoms with Crippen LogP contribution in [0.5, 0.6) is 0 Å². The highest BCUT2D eigenvalue weighted by atomic mass is 32.2. The molecule has 6 amide bonds. The fraction of sp³-hybridized carbons (Fsp3) is 0.514. The van der Waals surface area contributed by atoms with Gasteiger partial charge in [-0.3, -0.25) is 34.9 Å². The van der Waals surface area contributed by atoms with Gasteiger partial charge in [0, 0.05) is 36.3 Å². The Morgan fingerprint density at radius 2 is 1.49 bits per heavy atom. The normalized spacial score (nSPS) is 29.5. The van der Waals surface area contributed by atoms with E-state index in [1.807, 2.05) is 60.3 Å². The van der Waals surface area contributed by atoms with Crippen molar-refractivity contribution < 1.29 is 29.1 Å². The van der Waals surface area contributed by atoms with Crippen LogP contribution in [-0.4, -0.2) is 75.9 Å². The molecule has 2 aromatic carbocycles. The summed E-state index contributed by atoms with van der Waals surface area (Å²) in [7, 11) is 0. The zero-order chi connectivity index (χ0) is 32.7. The van der Waals surface area contributed by atoms with Crippen LogP contribution >= 0.6 is 11.8 Å². The summed E-state index contributed by atoms with van der Waals surface area (Å²) in [6.07, 6.45) is 4.77. The van der Waals surface area contributed by atoms with E-state index in [2.05, 4.69) is 21.5 Å².